The van der Waals surface area contributed by atoms with Gasteiger partial charge in [0.1, 0.15) is 17.2 Å². The highest BCUT2D eigenvalue weighted by atomic mass is 16.3. The van der Waals surface area contributed by atoms with E-state index >= 15 is 0 Å². The quantitative estimate of drug-likeness (QED) is 0.776. The van der Waals surface area contributed by atoms with Gasteiger partial charge in [-0.2, -0.15) is 10.4 Å². The van der Waals surface area contributed by atoms with E-state index in [2.05, 4.69) is 15.5 Å². The molecule has 0 radical (unpaired) electrons. The molecule has 22 heavy (non-hydrogen) atoms. The fraction of sp³-hybridized carbons (Fsp3) is 0.188. The molecule has 0 aliphatic rings. The molecule has 0 bridgehead atoms. The molecule has 0 saturated carbocycles. The maximum absolute atomic E-state index is 12.2. The number of hydrogen-bond donors (Lipinski definition) is 2. The van der Waals surface area contributed by atoms with E-state index in [4.69, 9.17) is 9.68 Å². The lowest BCUT2D eigenvalue weighted by Gasteiger charge is -2.01. The number of carbonyl (C=O) groups excluding carboxylic acids is 1. The highest BCUT2D eigenvalue weighted by molar-refractivity contribution is 5.95. The number of rotatable bonds is 3. The largest absolute Gasteiger partial charge is 0.464 e. The standard InChI is InChI=1S/C16H14N4O2/c1-9-3-4-12-11(8-22-14(12)5-9)6-15(21)18-16-13(7-17)10(2)19-20-16/h3-5,8H,6H2,1-2H3,(H2,18,19,20,21). The first-order valence-corrected chi connectivity index (χ1v) is 6.80. The monoisotopic (exact) mass is 294 g/mol. The summed E-state index contributed by atoms with van der Waals surface area (Å²) in [6.45, 7) is 3.71. The zero-order valence-electron chi connectivity index (χ0n) is 12.2. The van der Waals surface area contributed by atoms with Gasteiger partial charge in [-0.25, -0.2) is 0 Å². The van der Waals surface area contributed by atoms with Gasteiger partial charge in [-0.05, 0) is 25.5 Å². The van der Waals surface area contributed by atoms with Crippen molar-refractivity contribution in [1.29, 1.82) is 5.26 Å². The van der Waals surface area contributed by atoms with Crippen molar-refractivity contribution in [3.8, 4) is 6.07 Å². The Hall–Kier alpha value is -3.07. The zero-order valence-corrected chi connectivity index (χ0v) is 12.2. The molecule has 0 fully saturated rings. The molecule has 2 heterocycles. The van der Waals surface area contributed by atoms with E-state index in [1.165, 1.54) is 0 Å². The van der Waals surface area contributed by atoms with Gasteiger partial charge in [0.25, 0.3) is 0 Å². The molecule has 3 aromatic rings. The lowest BCUT2D eigenvalue weighted by atomic mass is 10.1. The maximum Gasteiger partial charge on any atom is 0.230 e. The number of carbonyl (C=O) groups is 1. The predicted molar refractivity (Wildman–Crippen MR) is 81.3 cm³/mol. The van der Waals surface area contributed by atoms with Crippen molar-refractivity contribution in [2.75, 3.05) is 5.32 Å². The first-order chi connectivity index (χ1) is 10.6. The predicted octanol–water partition coefficient (Wildman–Crippen LogP) is 2.83. The van der Waals surface area contributed by atoms with Crippen LogP contribution in [0.1, 0.15) is 22.4 Å². The molecule has 0 atom stereocenters. The van der Waals surface area contributed by atoms with Crippen LogP contribution in [0.15, 0.2) is 28.9 Å². The summed E-state index contributed by atoms with van der Waals surface area (Å²) in [5.74, 6) is 0.0138. The Labute approximate surface area is 126 Å². The van der Waals surface area contributed by atoms with Crippen LogP contribution in [-0.4, -0.2) is 16.1 Å². The molecule has 6 nitrogen and oxygen atoms in total. The minimum absolute atomic E-state index is 0.160. The fourth-order valence-corrected chi connectivity index (χ4v) is 2.33. The molecule has 3 rings (SSSR count). The molecule has 1 aromatic carbocycles. The number of nitrogens with one attached hydrogen (secondary N) is 2. The summed E-state index contributed by atoms with van der Waals surface area (Å²) in [7, 11) is 0. The molecular weight excluding hydrogens is 280 g/mol. The number of aryl methyl sites for hydroxylation is 2. The second-order valence-electron chi connectivity index (χ2n) is 5.17. The number of amides is 1. The first-order valence-electron chi connectivity index (χ1n) is 6.80. The van der Waals surface area contributed by atoms with Crippen molar-refractivity contribution in [3.05, 3.63) is 46.8 Å². The Balaban J connectivity index is 1.80. The van der Waals surface area contributed by atoms with Gasteiger partial charge in [-0.3, -0.25) is 9.89 Å². The first kappa shape index (κ1) is 13.9. The molecule has 110 valence electrons. The van der Waals surface area contributed by atoms with Crippen molar-refractivity contribution in [3.63, 3.8) is 0 Å². The highest BCUT2D eigenvalue weighted by Gasteiger charge is 2.15. The number of H-pyrrole nitrogens is 1. The molecule has 0 aliphatic carbocycles. The number of hydrogen-bond acceptors (Lipinski definition) is 4. The summed E-state index contributed by atoms with van der Waals surface area (Å²) in [4.78, 5) is 12.2. The van der Waals surface area contributed by atoms with Crippen molar-refractivity contribution < 1.29 is 9.21 Å². The van der Waals surface area contributed by atoms with Crippen LogP contribution in [0, 0.1) is 25.2 Å². The van der Waals surface area contributed by atoms with Crippen molar-refractivity contribution in [1.82, 2.24) is 10.2 Å². The number of benzene rings is 1. The SMILES string of the molecule is Cc1ccc2c(CC(=O)Nc3n[nH]c(C)c3C#N)coc2c1. The summed E-state index contributed by atoms with van der Waals surface area (Å²) >= 11 is 0. The van der Waals surface area contributed by atoms with E-state index in [9.17, 15) is 4.79 Å². The lowest BCUT2D eigenvalue weighted by molar-refractivity contribution is -0.115. The number of nitrogens with zero attached hydrogens (tertiary/aromatic N) is 2. The Morgan fingerprint density at radius 1 is 1.45 bits per heavy atom. The fourth-order valence-electron chi connectivity index (χ4n) is 2.33. The van der Waals surface area contributed by atoms with Crippen LogP contribution >= 0.6 is 0 Å². The summed E-state index contributed by atoms with van der Waals surface area (Å²) in [5.41, 5.74) is 3.64. The van der Waals surface area contributed by atoms with Gasteiger partial charge < -0.3 is 9.73 Å². The number of fused-ring (bicyclic) bond motifs is 1. The number of nitriles is 1. The summed E-state index contributed by atoms with van der Waals surface area (Å²) in [5, 5.41) is 19.2. The number of anilines is 1. The van der Waals surface area contributed by atoms with Crippen LogP contribution < -0.4 is 5.32 Å². The maximum atomic E-state index is 12.2. The Morgan fingerprint density at radius 3 is 3.05 bits per heavy atom. The van der Waals surface area contributed by atoms with Crippen molar-refractivity contribution in [2.24, 2.45) is 0 Å². The van der Waals surface area contributed by atoms with Crippen molar-refractivity contribution in [2.45, 2.75) is 20.3 Å². The second-order valence-corrected chi connectivity index (χ2v) is 5.17. The van der Waals surface area contributed by atoms with Gasteiger partial charge >= 0.3 is 0 Å². The Morgan fingerprint density at radius 2 is 2.27 bits per heavy atom. The van der Waals surface area contributed by atoms with E-state index in [1.54, 1.807) is 13.2 Å². The number of aromatic amines is 1. The van der Waals surface area contributed by atoms with E-state index in [0.29, 0.717) is 11.3 Å². The molecule has 0 spiro atoms. The van der Waals surface area contributed by atoms with E-state index in [0.717, 1.165) is 22.1 Å². The van der Waals surface area contributed by atoms with Crippen LogP contribution in [0.3, 0.4) is 0 Å². The third kappa shape index (κ3) is 2.44. The second kappa shape index (κ2) is 5.37. The van der Waals surface area contributed by atoms with Crippen LogP contribution in [0.5, 0.6) is 0 Å². The van der Waals surface area contributed by atoms with Gasteiger partial charge in [-0.15, -0.1) is 0 Å². The smallest absolute Gasteiger partial charge is 0.230 e. The Kier molecular flexibility index (Phi) is 3.39. The lowest BCUT2D eigenvalue weighted by Crippen LogP contribution is -2.15. The summed E-state index contributed by atoms with van der Waals surface area (Å²) in [6.07, 6.45) is 1.75. The van der Waals surface area contributed by atoms with Gasteiger partial charge in [0.15, 0.2) is 5.82 Å². The molecule has 2 aromatic heterocycles. The normalized spacial score (nSPS) is 10.6. The van der Waals surface area contributed by atoms with E-state index in [1.807, 2.05) is 31.2 Å². The average molecular weight is 294 g/mol. The van der Waals surface area contributed by atoms with E-state index < -0.39 is 0 Å². The van der Waals surface area contributed by atoms with E-state index in [-0.39, 0.29) is 18.1 Å². The topological polar surface area (TPSA) is 94.7 Å². The van der Waals surface area contributed by atoms with Gasteiger partial charge in [-0.1, -0.05) is 12.1 Å². The summed E-state index contributed by atoms with van der Waals surface area (Å²) < 4.78 is 5.48. The number of aromatic nitrogens is 2. The summed E-state index contributed by atoms with van der Waals surface area (Å²) in [6, 6.07) is 7.87. The molecular formula is C16H14N4O2. The van der Waals surface area contributed by atoms with Crippen LogP contribution in [0.2, 0.25) is 0 Å². The van der Waals surface area contributed by atoms with Gasteiger partial charge in [0.05, 0.1) is 18.4 Å². The van der Waals surface area contributed by atoms with Crippen LogP contribution in [-0.2, 0) is 11.2 Å². The molecule has 0 unspecified atom stereocenters. The minimum atomic E-state index is -0.244. The van der Waals surface area contributed by atoms with Gasteiger partial charge in [0.2, 0.25) is 5.91 Å². The van der Waals surface area contributed by atoms with Crippen molar-refractivity contribution >= 4 is 22.7 Å². The molecule has 0 saturated heterocycles. The van der Waals surface area contributed by atoms with Gasteiger partial charge in [0, 0.05) is 10.9 Å². The molecule has 2 N–H and O–H groups in total. The van der Waals surface area contributed by atoms with Crippen LogP contribution in [0.4, 0.5) is 5.82 Å². The Bertz CT molecular complexity index is 899. The minimum Gasteiger partial charge on any atom is -0.464 e. The average Bonchev–Trinajstić information content (AvgIpc) is 3.02. The highest BCUT2D eigenvalue weighted by Crippen LogP contribution is 2.23. The molecule has 1 amide bonds. The third-order valence-electron chi connectivity index (χ3n) is 3.48. The molecule has 0 aliphatic heterocycles. The molecule has 6 heteroatoms. The van der Waals surface area contributed by atoms with Crippen LogP contribution in [0.25, 0.3) is 11.0 Å². The third-order valence-corrected chi connectivity index (χ3v) is 3.48. The number of furan rings is 1. The zero-order chi connectivity index (χ0) is 15.7.